The van der Waals surface area contributed by atoms with Crippen LogP contribution in [-0.4, -0.2) is 30.0 Å². The van der Waals surface area contributed by atoms with E-state index < -0.39 is 5.97 Å². The molecule has 0 N–H and O–H groups in total. The number of hydrogen-bond acceptors (Lipinski definition) is 5. The van der Waals surface area contributed by atoms with Crippen molar-refractivity contribution in [3.63, 3.8) is 0 Å². The van der Waals surface area contributed by atoms with Crippen LogP contribution >= 0.6 is 0 Å². The fourth-order valence-corrected chi connectivity index (χ4v) is 2.43. The van der Waals surface area contributed by atoms with Crippen LogP contribution in [-0.2, 0) is 4.74 Å². The minimum atomic E-state index is -0.512. The first-order chi connectivity index (χ1) is 12.2. The summed E-state index contributed by atoms with van der Waals surface area (Å²) in [6, 6.07) is 18.2. The Kier molecular flexibility index (Phi) is 4.48. The van der Waals surface area contributed by atoms with Crippen molar-refractivity contribution in [1.29, 1.82) is 5.26 Å². The maximum Gasteiger partial charge on any atom is 0.358 e. The molecule has 1 aromatic heterocycles. The molecule has 0 radical (unpaired) electrons. The van der Waals surface area contributed by atoms with Crippen molar-refractivity contribution in [2.24, 2.45) is 0 Å². The summed E-state index contributed by atoms with van der Waals surface area (Å²) in [5.41, 5.74) is 3.09. The molecular weight excluding hydrogens is 318 g/mol. The van der Waals surface area contributed by atoms with Crippen LogP contribution in [0, 0.1) is 11.3 Å². The number of ether oxygens (including phenoxy) is 2. The number of carbonyl (C=O) groups is 1. The summed E-state index contributed by atoms with van der Waals surface area (Å²) in [6.07, 6.45) is 0. The normalized spacial score (nSPS) is 10.1. The van der Waals surface area contributed by atoms with Gasteiger partial charge in [-0.15, -0.1) is 0 Å². The fourth-order valence-electron chi connectivity index (χ4n) is 2.43. The minimum absolute atomic E-state index is 0.206. The lowest BCUT2D eigenvalue weighted by Gasteiger charge is -2.08. The smallest absolute Gasteiger partial charge is 0.358 e. The highest BCUT2D eigenvalue weighted by Gasteiger charge is 2.17. The highest BCUT2D eigenvalue weighted by atomic mass is 16.5. The molecule has 6 nitrogen and oxygen atoms in total. The summed E-state index contributed by atoms with van der Waals surface area (Å²) >= 11 is 0. The van der Waals surface area contributed by atoms with Crippen molar-refractivity contribution in [3.05, 3.63) is 65.9 Å². The second-order valence-electron chi connectivity index (χ2n) is 5.21. The molecule has 6 heteroatoms. The largest absolute Gasteiger partial charge is 0.497 e. The Hall–Kier alpha value is -3.59. The van der Waals surface area contributed by atoms with Crippen molar-refractivity contribution < 1.29 is 14.3 Å². The molecule has 0 unspecified atom stereocenters. The number of methoxy groups -OCH3 is 2. The van der Waals surface area contributed by atoms with Gasteiger partial charge in [0.25, 0.3) is 0 Å². The van der Waals surface area contributed by atoms with Gasteiger partial charge in [-0.1, -0.05) is 12.1 Å². The van der Waals surface area contributed by atoms with Gasteiger partial charge >= 0.3 is 5.97 Å². The van der Waals surface area contributed by atoms with Crippen LogP contribution in [0.2, 0.25) is 0 Å². The zero-order valence-corrected chi connectivity index (χ0v) is 13.8. The van der Waals surface area contributed by atoms with Crippen molar-refractivity contribution in [1.82, 2.24) is 9.78 Å². The molecule has 0 saturated carbocycles. The molecule has 1 heterocycles. The van der Waals surface area contributed by atoms with Gasteiger partial charge in [0.1, 0.15) is 5.75 Å². The van der Waals surface area contributed by atoms with Crippen LogP contribution in [0.25, 0.3) is 16.9 Å². The summed E-state index contributed by atoms with van der Waals surface area (Å²) < 4.78 is 11.6. The highest BCUT2D eigenvalue weighted by Crippen LogP contribution is 2.26. The monoisotopic (exact) mass is 333 g/mol. The molecule has 0 bridgehead atoms. The Labute approximate surface area is 144 Å². The molecule has 0 amide bonds. The molecule has 2 aromatic carbocycles. The molecule has 0 saturated heterocycles. The molecule has 0 fully saturated rings. The first-order valence-electron chi connectivity index (χ1n) is 7.49. The van der Waals surface area contributed by atoms with E-state index in [0.29, 0.717) is 5.56 Å². The van der Waals surface area contributed by atoms with Crippen LogP contribution < -0.4 is 4.74 Å². The maximum atomic E-state index is 11.9. The summed E-state index contributed by atoms with van der Waals surface area (Å²) in [5, 5.41) is 13.3. The lowest BCUT2D eigenvalue weighted by atomic mass is 10.1. The number of hydrogen-bond donors (Lipinski definition) is 0. The summed E-state index contributed by atoms with van der Waals surface area (Å²) in [4.78, 5) is 11.9. The average Bonchev–Trinajstić information content (AvgIpc) is 3.13. The zero-order valence-electron chi connectivity index (χ0n) is 13.8. The lowest BCUT2D eigenvalue weighted by Crippen LogP contribution is -2.04. The Bertz CT molecular complexity index is 936. The van der Waals surface area contributed by atoms with E-state index in [-0.39, 0.29) is 5.69 Å². The van der Waals surface area contributed by atoms with Crippen molar-refractivity contribution in [3.8, 4) is 28.8 Å². The van der Waals surface area contributed by atoms with Crippen LogP contribution in [0.1, 0.15) is 16.1 Å². The van der Waals surface area contributed by atoms with Gasteiger partial charge in [0.05, 0.1) is 37.2 Å². The number of carbonyl (C=O) groups excluding carboxylic acids is 1. The average molecular weight is 333 g/mol. The van der Waals surface area contributed by atoms with Gasteiger partial charge in [-0.3, -0.25) is 0 Å². The van der Waals surface area contributed by atoms with Gasteiger partial charge in [-0.2, -0.15) is 10.4 Å². The molecular formula is C19H15N3O3. The second kappa shape index (κ2) is 6.89. The van der Waals surface area contributed by atoms with Gasteiger partial charge in [-0.25, -0.2) is 9.48 Å². The Morgan fingerprint density at radius 2 is 1.76 bits per heavy atom. The molecule has 3 rings (SSSR count). The molecule has 3 aromatic rings. The van der Waals surface area contributed by atoms with E-state index in [1.54, 1.807) is 30.0 Å². The quantitative estimate of drug-likeness (QED) is 0.685. The maximum absolute atomic E-state index is 11.9. The number of nitriles is 1. The third kappa shape index (κ3) is 3.21. The van der Waals surface area contributed by atoms with Gasteiger partial charge in [-0.05, 0) is 42.5 Å². The zero-order chi connectivity index (χ0) is 17.8. The Morgan fingerprint density at radius 1 is 1.08 bits per heavy atom. The van der Waals surface area contributed by atoms with E-state index in [1.807, 2.05) is 36.4 Å². The van der Waals surface area contributed by atoms with Gasteiger partial charge in [0.15, 0.2) is 5.69 Å². The number of rotatable bonds is 4. The van der Waals surface area contributed by atoms with E-state index in [9.17, 15) is 4.79 Å². The second-order valence-corrected chi connectivity index (χ2v) is 5.21. The van der Waals surface area contributed by atoms with Crippen LogP contribution in [0.5, 0.6) is 5.75 Å². The SMILES string of the molecule is COC(=O)c1cc(-c2ccc(C#N)cc2)n(-c2ccc(OC)cc2)n1. The van der Waals surface area contributed by atoms with Gasteiger partial charge in [0.2, 0.25) is 0 Å². The molecule has 0 aliphatic heterocycles. The lowest BCUT2D eigenvalue weighted by molar-refractivity contribution is 0.0593. The topological polar surface area (TPSA) is 77.1 Å². The predicted molar refractivity (Wildman–Crippen MR) is 91.6 cm³/mol. The Morgan fingerprint density at radius 3 is 2.32 bits per heavy atom. The molecule has 124 valence electrons. The first-order valence-corrected chi connectivity index (χ1v) is 7.49. The van der Waals surface area contributed by atoms with Crippen LogP contribution in [0.4, 0.5) is 0 Å². The van der Waals surface area contributed by atoms with E-state index in [0.717, 1.165) is 22.7 Å². The predicted octanol–water partition coefficient (Wildman–Crippen LogP) is 3.21. The summed E-state index contributed by atoms with van der Waals surface area (Å²) in [7, 11) is 2.91. The molecule has 0 aliphatic rings. The minimum Gasteiger partial charge on any atom is -0.497 e. The third-order valence-electron chi connectivity index (χ3n) is 3.73. The summed E-state index contributed by atoms with van der Waals surface area (Å²) in [5.74, 6) is 0.214. The number of esters is 1. The first kappa shape index (κ1) is 16.3. The van der Waals surface area contributed by atoms with E-state index in [2.05, 4.69) is 11.2 Å². The highest BCUT2D eigenvalue weighted by molar-refractivity contribution is 5.89. The number of benzene rings is 2. The van der Waals surface area contributed by atoms with E-state index >= 15 is 0 Å². The van der Waals surface area contributed by atoms with Crippen molar-refractivity contribution >= 4 is 5.97 Å². The molecule has 0 spiro atoms. The number of nitrogens with zero attached hydrogens (tertiary/aromatic N) is 3. The van der Waals surface area contributed by atoms with Crippen molar-refractivity contribution in [2.45, 2.75) is 0 Å². The number of aromatic nitrogens is 2. The van der Waals surface area contributed by atoms with E-state index in [1.165, 1.54) is 7.11 Å². The molecule has 0 aliphatic carbocycles. The fraction of sp³-hybridized carbons (Fsp3) is 0.105. The standard InChI is InChI=1S/C19H15N3O3/c1-24-16-9-7-15(8-10-16)22-18(11-17(21-22)19(23)25-2)14-5-3-13(12-20)4-6-14/h3-11H,1-2H3. The van der Waals surface area contributed by atoms with Crippen LogP contribution in [0.3, 0.4) is 0 Å². The van der Waals surface area contributed by atoms with Gasteiger partial charge < -0.3 is 9.47 Å². The van der Waals surface area contributed by atoms with Gasteiger partial charge in [0, 0.05) is 5.56 Å². The molecule has 25 heavy (non-hydrogen) atoms. The van der Waals surface area contributed by atoms with Crippen LogP contribution in [0.15, 0.2) is 54.6 Å². The van der Waals surface area contributed by atoms with Crippen molar-refractivity contribution in [2.75, 3.05) is 14.2 Å². The Balaban J connectivity index is 2.12. The third-order valence-corrected chi connectivity index (χ3v) is 3.73. The summed E-state index contributed by atoms with van der Waals surface area (Å²) in [6.45, 7) is 0. The molecule has 0 atom stereocenters. The van der Waals surface area contributed by atoms with E-state index in [4.69, 9.17) is 14.7 Å².